The number of methoxy groups -OCH3 is 1. The van der Waals surface area contributed by atoms with Crippen molar-refractivity contribution in [2.24, 2.45) is 5.41 Å². The first kappa shape index (κ1) is 16.9. The van der Waals surface area contributed by atoms with Crippen molar-refractivity contribution in [1.29, 1.82) is 0 Å². The molecule has 7 heteroatoms. The molecule has 0 saturated carbocycles. The van der Waals surface area contributed by atoms with Gasteiger partial charge in [-0.3, -0.25) is 14.9 Å². The lowest BCUT2D eigenvalue weighted by Crippen LogP contribution is -2.34. The molecule has 0 aliphatic carbocycles. The lowest BCUT2D eigenvalue weighted by Gasteiger charge is -2.24. The molecule has 1 rings (SSSR count). The van der Waals surface area contributed by atoms with E-state index < -0.39 is 4.92 Å². The van der Waals surface area contributed by atoms with Gasteiger partial charge in [0.1, 0.15) is 5.69 Å². The van der Waals surface area contributed by atoms with Crippen LogP contribution in [0.25, 0.3) is 0 Å². The van der Waals surface area contributed by atoms with Crippen LogP contribution in [0, 0.1) is 15.5 Å². The third-order valence-electron chi connectivity index (χ3n) is 3.20. The number of ether oxygens (including phenoxy) is 1. The number of nitrogen functional groups attached to an aromatic ring is 1. The molecule has 0 aromatic heterocycles. The highest BCUT2D eigenvalue weighted by molar-refractivity contribution is 5.95. The molecule has 0 aliphatic rings. The molecule has 3 N–H and O–H groups in total. The van der Waals surface area contributed by atoms with Crippen molar-refractivity contribution in [3.05, 3.63) is 33.9 Å². The second kappa shape index (κ2) is 7.03. The lowest BCUT2D eigenvalue weighted by atomic mass is 9.89. The van der Waals surface area contributed by atoms with E-state index in [0.29, 0.717) is 13.2 Å². The molecule has 0 bridgehead atoms. The van der Waals surface area contributed by atoms with Crippen molar-refractivity contribution in [2.45, 2.75) is 20.3 Å². The zero-order chi connectivity index (χ0) is 16.0. The van der Waals surface area contributed by atoms with Crippen LogP contribution >= 0.6 is 0 Å². The topological polar surface area (TPSA) is 107 Å². The molecule has 0 aliphatic heterocycles. The largest absolute Gasteiger partial charge is 0.393 e. The van der Waals surface area contributed by atoms with Crippen LogP contribution in [0.4, 0.5) is 11.4 Å². The van der Waals surface area contributed by atoms with Gasteiger partial charge in [0.15, 0.2) is 0 Å². The quantitative estimate of drug-likeness (QED) is 0.454. The standard InChI is InChI=1S/C14H21N3O4/c1-14(2,6-7-21-3)9-16-13(18)10-4-5-11(15)12(8-10)17(19)20/h4-5,8H,6-7,9,15H2,1-3H3,(H,16,18). The summed E-state index contributed by atoms with van der Waals surface area (Å²) in [5.74, 6) is -0.358. The molecule has 0 heterocycles. The SMILES string of the molecule is COCCC(C)(C)CNC(=O)c1ccc(N)c([N+](=O)[O-])c1. The van der Waals surface area contributed by atoms with Crippen LogP contribution in [0.5, 0.6) is 0 Å². The highest BCUT2D eigenvalue weighted by atomic mass is 16.6. The Labute approximate surface area is 123 Å². The normalized spacial score (nSPS) is 11.2. The number of nitrogens with zero attached hydrogens (tertiary/aromatic N) is 1. The van der Waals surface area contributed by atoms with Crippen molar-refractivity contribution in [2.75, 3.05) is 26.0 Å². The number of carbonyl (C=O) groups is 1. The Balaban J connectivity index is 2.72. The number of carbonyl (C=O) groups excluding carboxylic acids is 1. The number of hydrogen-bond acceptors (Lipinski definition) is 5. The van der Waals surface area contributed by atoms with Gasteiger partial charge in [0.2, 0.25) is 0 Å². The maximum Gasteiger partial charge on any atom is 0.292 e. The monoisotopic (exact) mass is 295 g/mol. The lowest BCUT2D eigenvalue weighted by molar-refractivity contribution is -0.383. The molecule has 0 radical (unpaired) electrons. The third kappa shape index (κ3) is 5.03. The summed E-state index contributed by atoms with van der Waals surface area (Å²) in [7, 11) is 1.63. The highest BCUT2D eigenvalue weighted by Gasteiger charge is 2.20. The number of nitro groups is 1. The van der Waals surface area contributed by atoms with Crippen LogP contribution in [0.15, 0.2) is 18.2 Å². The van der Waals surface area contributed by atoms with Gasteiger partial charge in [-0.2, -0.15) is 0 Å². The maximum atomic E-state index is 12.0. The molecule has 1 aromatic rings. The first-order valence-electron chi connectivity index (χ1n) is 6.58. The van der Waals surface area contributed by atoms with Gasteiger partial charge in [-0.25, -0.2) is 0 Å². The number of hydrogen-bond donors (Lipinski definition) is 2. The smallest absolute Gasteiger partial charge is 0.292 e. The van der Waals surface area contributed by atoms with Crippen molar-refractivity contribution in [1.82, 2.24) is 5.32 Å². The minimum absolute atomic E-state index is 0.0389. The van der Waals surface area contributed by atoms with Gasteiger partial charge in [-0.1, -0.05) is 13.8 Å². The van der Waals surface area contributed by atoms with E-state index in [1.54, 1.807) is 7.11 Å². The predicted molar refractivity (Wildman–Crippen MR) is 80.1 cm³/mol. The first-order chi connectivity index (χ1) is 9.76. The highest BCUT2D eigenvalue weighted by Crippen LogP contribution is 2.23. The third-order valence-corrected chi connectivity index (χ3v) is 3.20. The second-order valence-corrected chi connectivity index (χ2v) is 5.62. The molecule has 1 amide bonds. The molecule has 116 valence electrons. The number of nitro benzene ring substituents is 1. The summed E-state index contributed by atoms with van der Waals surface area (Å²) in [5, 5.41) is 13.6. The summed E-state index contributed by atoms with van der Waals surface area (Å²) < 4.78 is 5.02. The molecular weight excluding hydrogens is 274 g/mol. The molecule has 0 unspecified atom stereocenters. The van der Waals surface area contributed by atoms with Crippen molar-refractivity contribution in [3.8, 4) is 0 Å². The fraction of sp³-hybridized carbons (Fsp3) is 0.500. The Kier molecular flexibility index (Phi) is 5.66. The van der Waals surface area contributed by atoms with Crippen molar-refractivity contribution in [3.63, 3.8) is 0 Å². The molecule has 7 nitrogen and oxygen atoms in total. The molecule has 1 aromatic carbocycles. The van der Waals surface area contributed by atoms with Gasteiger partial charge < -0.3 is 15.8 Å². The molecule has 0 saturated heterocycles. The number of amides is 1. The Hall–Kier alpha value is -2.15. The van der Waals surface area contributed by atoms with Crippen LogP contribution < -0.4 is 11.1 Å². The van der Waals surface area contributed by atoms with Gasteiger partial charge in [-0.05, 0) is 24.0 Å². The first-order valence-corrected chi connectivity index (χ1v) is 6.58. The zero-order valence-electron chi connectivity index (χ0n) is 12.5. The van der Waals surface area contributed by atoms with E-state index in [1.165, 1.54) is 18.2 Å². The van der Waals surface area contributed by atoms with Gasteiger partial charge in [0.25, 0.3) is 11.6 Å². The second-order valence-electron chi connectivity index (χ2n) is 5.62. The number of rotatable bonds is 7. The van der Waals surface area contributed by atoms with Crippen LogP contribution in [-0.4, -0.2) is 31.1 Å². The van der Waals surface area contributed by atoms with Gasteiger partial charge in [-0.15, -0.1) is 0 Å². The fourth-order valence-corrected chi connectivity index (χ4v) is 1.73. The van der Waals surface area contributed by atoms with Gasteiger partial charge in [0.05, 0.1) is 4.92 Å². The number of nitrogens with one attached hydrogen (secondary N) is 1. The Morgan fingerprint density at radius 2 is 2.14 bits per heavy atom. The Morgan fingerprint density at radius 1 is 1.48 bits per heavy atom. The molecule has 0 fully saturated rings. The minimum atomic E-state index is -0.603. The van der Waals surface area contributed by atoms with Crippen LogP contribution in [0.2, 0.25) is 0 Å². The van der Waals surface area contributed by atoms with Crippen LogP contribution in [0.1, 0.15) is 30.6 Å². The summed E-state index contributed by atoms with van der Waals surface area (Å²) in [6.45, 7) is 5.08. The molecule has 21 heavy (non-hydrogen) atoms. The van der Waals surface area contributed by atoms with Crippen molar-refractivity contribution < 1.29 is 14.5 Å². The van der Waals surface area contributed by atoms with E-state index in [0.717, 1.165) is 6.42 Å². The zero-order valence-corrected chi connectivity index (χ0v) is 12.5. The van der Waals surface area contributed by atoms with Gasteiger partial charge in [0, 0.05) is 31.9 Å². The summed E-state index contributed by atoms with van der Waals surface area (Å²) >= 11 is 0. The van der Waals surface area contributed by atoms with E-state index in [4.69, 9.17) is 10.5 Å². The fourth-order valence-electron chi connectivity index (χ4n) is 1.73. The summed E-state index contributed by atoms with van der Waals surface area (Å²) in [6, 6.07) is 4.02. The minimum Gasteiger partial charge on any atom is -0.393 e. The Bertz CT molecular complexity index is 529. The summed E-state index contributed by atoms with van der Waals surface area (Å²) in [6.07, 6.45) is 0.797. The average molecular weight is 295 g/mol. The maximum absolute atomic E-state index is 12.0. The van der Waals surface area contributed by atoms with E-state index in [-0.39, 0.29) is 28.3 Å². The summed E-state index contributed by atoms with van der Waals surface area (Å²) in [4.78, 5) is 22.3. The van der Waals surface area contributed by atoms with E-state index in [9.17, 15) is 14.9 Å². The van der Waals surface area contributed by atoms with E-state index in [2.05, 4.69) is 5.32 Å². The molecule has 0 atom stereocenters. The van der Waals surface area contributed by atoms with Crippen LogP contribution in [0.3, 0.4) is 0 Å². The van der Waals surface area contributed by atoms with E-state index in [1.807, 2.05) is 13.8 Å². The number of anilines is 1. The average Bonchev–Trinajstić information content (AvgIpc) is 2.43. The van der Waals surface area contributed by atoms with E-state index >= 15 is 0 Å². The van der Waals surface area contributed by atoms with Crippen molar-refractivity contribution >= 4 is 17.3 Å². The predicted octanol–water partition coefficient (Wildman–Crippen LogP) is 1.97. The molecule has 0 spiro atoms. The molecular formula is C14H21N3O4. The number of benzene rings is 1. The van der Waals surface area contributed by atoms with Crippen LogP contribution in [-0.2, 0) is 4.74 Å². The Morgan fingerprint density at radius 3 is 2.71 bits per heavy atom. The van der Waals surface area contributed by atoms with Gasteiger partial charge >= 0.3 is 0 Å². The summed E-state index contributed by atoms with van der Waals surface area (Å²) in [5.41, 5.74) is 5.38. The number of nitrogens with two attached hydrogens (primary N) is 1.